The van der Waals surface area contributed by atoms with Crippen LogP contribution in [0, 0.1) is 10.8 Å². The van der Waals surface area contributed by atoms with E-state index in [2.05, 4.69) is 0 Å². The zero-order valence-corrected chi connectivity index (χ0v) is 19.2. The molecule has 8 heteroatoms. The summed E-state index contributed by atoms with van der Waals surface area (Å²) in [4.78, 5) is 14.9. The summed E-state index contributed by atoms with van der Waals surface area (Å²) in [6.45, 7) is 5.33. The highest BCUT2D eigenvalue weighted by molar-refractivity contribution is 7.91. The largest absolute Gasteiger partial charge is 0.489 e. The molecule has 1 heterocycles. The number of rotatable bonds is 8. The Kier molecular flexibility index (Phi) is 7.11. The smallest absolute Gasteiger partial charge is 0.228 e. The molecule has 2 aliphatic rings. The van der Waals surface area contributed by atoms with Gasteiger partial charge in [0.05, 0.1) is 17.0 Å². The highest BCUT2D eigenvalue weighted by atomic mass is 32.2. The van der Waals surface area contributed by atoms with E-state index < -0.39 is 9.84 Å². The van der Waals surface area contributed by atoms with E-state index in [1.165, 1.54) is 12.1 Å². The van der Waals surface area contributed by atoms with Crippen molar-refractivity contribution in [1.82, 2.24) is 4.90 Å². The van der Waals surface area contributed by atoms with Crippen molar-refractivity contribution < 1.29 is 22.3 Å². The Morgan fingerprint density at radius 1 is 1.16 bits per heavy atom. The molecule has 1 aliphatic carbocycles. The number of sulfone groups is 1. The van der Waals surface area contributed by atoms with Gasteiger partial charge < -0.3 is 15.4 Å². The zero-order valence-electron chi connectivity index (χ0n) is 18.4. The molecule has 0 radical (unpaired) electrons. The van der Waals surface area contributed by atoms with Gasteiger partial charge in [-0.1, -0.05) is 20.3 Å². The van der Waals surface area contributed by atoms with Gasteiger partial charge >= 0.3 is 0 Å². The molecule has 0 spiro atoms. The maximum atomic E-state index is 13.0. The fourth-order valence-corrected chi connectivity index (χ4v) is 6.22. The van der Waals surface area contributed by atoms with Crippen LogP contribution in [0.3, 0.4) is 0 Å². The molecular formula is C23H33FN2O4S. The molecule has 0 bridgehead atoms. The first-order chi connectivity index (χ1) is 14.6. The van der Waals surface area contributed by atoms with Gasteiger partial charge in [0.2, 0.25) is 5.91 Å². The summed E-state index contributed by atoms with van der Waals surface area (Å²) in [6.07, 6.45) is 4.78. The number of benzene rings is 1. The van der Waals surface area contributed by atoms with Crippen molar-refractivity contribution in [2.24, 2.45) is 16.6 Å². The Balaban J connectivity index is 1.58. The van der Waals surface area contributed by atoms with Gasteiger partial charge in [0.25, 0.3) is 0 Å². The van der Waals surface area contributed by atoms with Gasteiger partial charge in [-0.2, -0.15) is 0 Å². The maximum Gasteiger partial charge on any atom is 0.228 e. The van der Waals surface area contributed by atoms with Crippen LogP contribution in [0.15, 0.2) is 41.1 Å². The minimum Gasteiger partial charge on any atom is -0.489 e. The van der Waals surface area contributed by atoms with Crippen molar-refractivity contribution in [2.75, 3.05) is 32.0 Å². The lowest BCUT2D eigenvalue weighted by atomic mass is 9.69. The topological polar surface area (TPSA) is 89.7 Å². The minimum absolute atomic E-state index is 0.0193. The molecule has 6 nitrogen and oxygen atoms in total. The molecular weight excluding hydrogens is 419 g/mol. The van der Waals surface area contributed by atoms with Crippen molar-refractivity contribution >= 4 is 15.7 Å². The highest BCUT2D eigenvalue weighted by Gasteiger charge is 2.44. The van der Waals surface area contributed by atoms with Gasteiger partial charge in [0, 0.05) is 30.6 Å². The minimum atomic E-state index is -3.49. The predicted octanol–water partition coefficient (Wildman–Crippen LogP) is 3.47. The Morgan fingerprint density at radius 3 is 2.26 bits per heavy atom. The molecule has 0 aromatic heterocycles. The van der Waals surface area contributed by atoms with E-state index in [9.17, 15) is 17.6 Å². The lowest BCUT2D eigenvalue weighted by Crippen LogP contribution is -2.51. The fraction of sp³-hybridized carbons (Fsp3) is 0.609. The lowest BCUT2D eigenvalue weighted by molar-refractivity contribution is -0.148. The highest BCUT2D eigenvalue weighted by Crippen LogP contribution is 2.43. The Bertz CT molecular complexity index is 915. The monoisotopic (exact) mass is 452 g/mol. The summed E-state index contributed by atoms with van der Waals surface area (Å²) in [7, 11) is -3.49. The van der Waals surface area contributed by atoms with Crippen molar-refractivity contribution in [2.45, 2.75) is 50.8 Å². The van der Waals surface area contributed by atoms with Gasteiger partial charge in [-0.15, -0.1) is 0 Å². The number of carbonyl (C=O) groups is 1. The fourth-order valence-electron chi connectivity index (χ4n) is 4.29. The molecule has 0 unspecified atom stereocenters. The second kappa shape index (κ2) is 9.28. The number of carbonyl (C=O) groups excluding carboxylic acids is 1. The summed E-state index contributed by atoms with van der Waals surface area (Å²) in [5.41, 5.74) is 5.14. The second-order valence-corrected chi connectivity index (χ2v) is 11.5. The van der Waals surface area contributed by atoms with Crippen molar-refractivity contribution in [3.63, 3.8) is 0 Å². The molecule has 1 aromatic rings. The van der Waals surface area contributed by atoms with Gasteiger partial charge in [0.15, 0.2) is 9.84 Å². The van der Waals surface area contributed by atoms with Crippen molar-refractivity contribution in [3.05, 3.63) is 36.2 Å². The molecule has 3 rings (SSSR count). The summed E-state index contributed by atoms with van der Waals surface area (Å²) in [5, 5.41) is 0. The van der Waals surface area contributed by atoms with E-state index in [4.69, 9.17) is 10.5 Å². The average molecular weight is 453 g/mol. The summed E-state index contributed by atoms with van der Waals surface area (Å²) >= 11 is 0. The molecule has 2 N–H and O–H groups in total. The second-order valence-electron chi connectivity index (χ2n) is 9.51. The van der Waals surface area contributed by atoms with E-state index in [0.717, 1.165) is 19.3 Å². The molecule has 1 amide bonds. The number of ether oxygens (including phenoxy) is 1. The summed E-state index contributed by atoms with van der Waals surface area (Å²) in [5.74, 6) is 0.718. The van der Waals surface area contributed by atoms with Crippen LogP contribution in [0.25, 0.3) is 0 Å². The Hall–Kier alpha value is -1.93. The summed E-state index contributed by atoms with van der Waals surface area (Å²) < 4.78 is 44.0. The molecule has 1 saturated carbocycles. The number of hydrogen-bond donors (Lipinski definition) is 1. The molecule has 0 atom stereocenters. The first kappa shape index (κ1) is 23.7. The van der Waals surface area contributed by atoms with E-state index in [-0.39, 0.29) is 40.5 Å². The average Bonchev–Trinajstić information content (AvgIpc) is 2.72. The first-order valence-electron chi connectivity index (χ1n) is 10.8. The molecule has 31 heavy (non-hydrogen) atoms. The van der Waals surface area contributed by atoms with Crippen molar-refractivity contribution in [3.8, 4) is 5.75 Å². The Morgan fingerprint density at radius 2 is 1.77 bits per heavy atom. The SMILES string of the molecule is CC1(CS(=O)(=O)c2ccc(OC/C(=C/F)CN)cc2)CCN(C(=O)C2(C)CCC2)CC1. The van der Waals surface area contributed by atoms with Gasteiger partial charge in [-0.25, -0.2) is 12.8 Å². The van der Waals surface area contributed by atoms with Crippen LogP contribution in [0.4, 0.5) is 4.39 Å². The van der Waals surface area contributed by atoms with Gasteiger partial charge in [-0.3, -0.25) is 4.79 Å². The molecule has 1 saturated heterocycles. The van der Waals surface area contributed by atoms with Crippen LogP contribution >= 0.6 is 0 Å². The molecule has 1 aromatic carbocycles. The van der Waals surface area contributed by atoms with Gasteiger partial charge in [0.1, 0.15) is 12.4 Å². The number of amides is 1. The number of likely N-dealkylation sites (tertiary alicyclic amines) is 1. The van der Waals surface area contributed by atoms with E-state index in [0.29, 0.717) is 43.6 Å². The maximum absolute atomic E-state index is 13.0. The van der Waals surface area contributed by atoms with Crippen LogP contribution in [0.1, 0.15) is 46.0 Å². The van der Waals surface area contributed by atoms with E-state index >= 15 is 0 Å². The van der Waals surface area contributed by atoms with E-state index in [1.54, 1.807) is 12.1 Å². The number of nitrogens with two attached hydrogens (primary N) is 1. The first-order valence-corrected chi connectivity index (χ1v) is 12.5. The third-order valence-corrected chi connectivity index (χ3v) is 8.86. The Labute approximate surface area is 184 Å². The molecule has 1 aliphatic heterocycles. The van der Waals surface area contributed by atoms with Crippen LogP contribution in [-0.2, 0) is 14.6 Å². The third kappa shape index (κ3) is 5.47. The molecule has 2 fully saturated rings. The van der Waals surface area contributed by atoms with Crippen LogP contribution in [0.5, 0.6) is 5.75 Å². The van der Waals surface area contributed by atoms with Crippen LogP contribution < -0.4 is 10.5 Å². The standard InChI is InChI=1S/C23H33FN2O4S/c1-22(10-12-26(13-11-22)21(27)23(2)8-3-9-23)17-31(28,29)20-6-4-19(5-7-20)30-16-18(14-24)15-25/h4-7,14H,3,8-13,15-17,25H2,1-2H3/b18-14+. The third-order valence-electron chi connectivity index (χ3n) is 6.79. The van der Waals surface area contributed by atoms with Crippen LogP contribution in [0.2, 0.25) is 0 Å². The quantitative estimate of drug-likeness (QED) is 0.652. The number of halogens is 1. The number of hydrogen-bond acceptors (Lipinski definition) is 5. The van der Waals surface area contributed by atoms with Crippen molar-refractivity contribution in [1.29, 1.82) is 0 Å². The van der Waals surface area contributed by atoms with E-state index in [1.807, 2.05) is 18.7 Å². The summed E-state index contributed by atoms with van der Waals surface area (Å²) in [6, 6.07) is 6.18. The number of nitrogens with zero attached hydrogens (tertiary/aromatic N) is 1. The number of piperidine rings is 1. The normalized spacial score (nSPS) is 20.8. The predicted molar refractivity (Wildman–Crippen MR) is 118 cm³/mol. The lowest BCUT2D eigenvalue weighted by Gasteiger charge is -2.45. The van der Waals surface area contributed by atoms with Gasteiger partial charge in [-0.05, 0) is 55.4 Å². The zero-order chi connectivity index (χ0) is 22.7. The molecule has 172 valence electrons. The van der Waals surface area contributed by atoms with Crippen LogP contribution in [-0.4, -0.2) is 51.2 Å².